The third-order valence-corrected chi connectivity index (χ3v) is 1.64. The SMILES string of the molecule is CNCC(C)OCCCN(C)C. The van der Waals surface area contributed by atoms with Gasteiger partial charge in [-0.15, -0.1) is 0 Å². The van der Waals surface area contributed by atoms with Gasteiger partial charge in [-0.25, -0.2) is 0 Å². The second-order valence-electron chi connectivity index (χ2n) is 3.40. The standard InChI is InChI=1S/C9H22N2O/c1-9(8-10-2)12-7-5-6-11(3)4/h9-10H,5-8H2,1-4H3. The maximum Gasteiger partial charge on any atom is 0.0671 e. The average molecular weight is 174 g/mol. The van der Waals surface area contributed by atoms with Gasteiger partial charge in [0.1, 0.15) is 0 Å². The van der Waals surface area contributed by atoms with E-state index in [1.807, 2.05) is 7.05 Å². The van der Waals surface area contributed by atoms with Crippen LogP contribution in [0.15, 0.2) is 0 Å². The van der Waals surface area contributed by atoms with Crippen molar-refractivity contribution in [2.75, 3.05) is 40.8 Å². The Balaban J connectivity index is 3.08. The van der Waals surface area contributed by atoms with Crippen molar-refractivity contribution in [3.63, 3.8) is 0 Å². The van der Waals surface area contributed by atoms with E-state index in [0.29, 0.717) is 6.10 Å². The highest BCUT2D eigenvalue weighted by atomic mass is 16.5. The minimum absolute atomic E-state index is 0.331. The van der Waals surface area contributed by atoms with E-state index in [-0.39, 0.29) is 0 Å². The van der Waals surface area contributed by atoms with E-state index in [0.717, 1.165) is 26.1 Å². The zero-order valence-electron chi connectivity index (χ0n) is 8.76. The lowest BCUT2D eigenvalue weighted by atomic mass is 10.4. The number of likely N-dealkylation sites (N-methyl/N-ethyl adjacent to an activating group) is 1. The van der Waals surface area contributed by atoms with Crippen LogP contribution in [0.2, 0.25) is 0 Å². The number of hydrogen-bond donors (Lipinski definition) is 1. The highest BCUT2D eigenvalue weighted by Gasteiger charge is 1.99. The average Bonchev–Trinajstić information content (AvgIpc) is 1.98. The molecule has 0 spiro atoms. The molecule has 0 aliphatic rings. The predicted octanol–water partition coefficient (Wildman–Crippen LogP) is 0.563. The van der Waals surface area contributed by atoms with E-state index >= 15 is 0 Å². The number of ether oxygens (including phenoxy) is 1. The monoisotopic (exact) mass is 174 g/mol. The Morgan fingerprint density at radius 3 is 2.58 bits per heavy atom. The molecule has 74 valence electrons. The molecule has 0 saturated carbocycles. The molecular formula is C9H22N2O. The highest BCUT2D eigenvalue weighted by molar-refractivity contribution is 4.52. The number of rotatable bonds is 7. The molecule has 0 saturated heterocycles. The molecule has 12 heavy (non-hydrogen) atoms. The van der Waals surface area contributed by atoms with E-state index < -0.39 is 0 Å². The molecule has 0 fully saturated rings. The van der Waals surface area contributed by atoms with E-state index in [2.05, 4.69) is 31.2 Å². The molecule has 1 N–H and O–H groups in total. The minimum atomic E-state index is 0.331. The van der Waals surface area contributed by atoms with Crippen molar-refractivity contribution >= 4 is 0 Å². The van der Waals surface area contributed by atoms with E-state index in [1.165, 1.54) is 0 Å². The van der Waals surface area contributed by atoms with Gasteiger partial charge < -0.3 is 15.0 Å². The lowest BCUT2D eigenvalue weighted by Crippen LogP contribution is -2.25. The molecule has 0 rings (SSSR count). The quantitative estimate of drug-likeness (QED) is 0.571. The van der Waals surface area contributed by atoms with Crippen LogP contribution in [0.3, 0.4) is 0 Å². The van der Waals surface area contributed by atoms with Crippen LogP contribution in [0.25, 0.3) is 0 Å². The molecule has 0 aromatic heterocycles. The van der Waals surface area contributed by atoms with Gasteiger partial charge in [-0.1, -0.05) is 0 Å². The van der Waals surface area contributed by atoms with Crippen LogP contribution in [-0.4, -0.2) is 51.8 Å². The largest absolute Gasteiger partial charge is 0.377 e. The molecule has 0 aliphatic carbocycles. The van der Waals surface area contributed by atoms with Crippen LogP contribution >= 0.6 is 0 Å². The summed E-state index contributed by atoms with van der Waals surface area (Å²) < 4.78 is 5.54. The van der Waals surface area contributed by atoms with Crippen LogP contribution in [-0.2, 0) is 4.74 Å². The Morgan fingerprint density at radius 2 is 2.08 bits per heavy atom. The maximum atomic E-state index is 5.54. The Hall–Kier alpha value is -0.120. The summed E-state index contributed by atoms with van der Waals surface area (Å²) in [6, 6.07) is 0. The highest BCUT2D eigenvalue weighted by Crippen LogP contribution is 1.91. The first kappa shape index (κ1) is 11.9. The Bertz CT molecular complexity index is 96.5. The van der Waals surface area contributed by atoms with E-state index in [9.17, 15) is 0 Å². The zero-order valence-corrected chi connectivity index (χ0v) is 8.76. The topological polar surface area (TPSA) is 24.5 Å². The van der Waals surface area contributed by atoms with Crippen LogP contribution in [0.4, 0.5) is 0 Å². The lowest BCUT2D eigenvalue weighted by molar-refractivity contribution is 0.0623. The number of nitrogens with one attached hydrogen (secondary N) is 1. The van der Waals surface area contributed by atoms with Crippen LogP contribution < -0.4 is 5.32 Å². The Kier molecular flexibility index (Phi) is 7.45. The second kappa shape index (κ2) is 7.53. The zero-order chi connectivity index (χ0) is 9.40. The first-order valence-corrected chi connectivity index (χ1v) is 4.57. The third kappa shape index (κ3) is 7.98. The van der Waals surface area contributed by atoms with Gasteiger partial charge in [0, 0.05) is 13.2 Å². The summed E-state index contributed by atoms with van der Waals surface area (Å²) in [5.41, 5.74) is 0. The van der Waals surface area contributed by atoms with E-state index in [1.54, 1.807) is 0 Å². The van der Waals surface area contributed by atoms with Gasteiger partial charge >= 0.3 is 0 Å². The Morgan fingerprint density at radius 1 is 1.42 bits per heavy atom. The molecule has 0 aromatic carbocycles. The smallest absolute Gasteiger partial charge is 0.0671 e. The summed E-state index contributed by atoms with van der Waals surface area (Å²) >= 11 is 0. The van der Waals surface area contributed by atoms with Gasteiger partial charge in [0.15, 0.2) is 0 Å². The molecule has 3 nitrogen and oxygen atoms in total. The van der Waals surface area contributed by atoms with Gasteiger partial charge in [-0.2, -0.15) is 0 Å². The summed E-state index contributed by atoms with van der Waals surface area (Å²) in [7, 11) is 6.10. The predicted molar refractivity (Wildman–Crippen MR) is 52.5 cm³/mol. The number of hydrogen-bond acceptors (Lipinski definition) is 3. The maximum absolute atomic E-state index is 5.54. The summed E-state index contributed by atoms with van der Waals surface area (Å²) in [6.45, 7) is 4.99. The fourth-order valence-corrected chi connectivity index (χ4v) is 1.01. The Labute approximate surface area is 76.1 Å². The van der Waals surface area contributed by atoms with Gasteiger partial charge in [-0.3, -0.25) is 0 Å². The molecule has 0 aliphatic heterocycles. The van der Waals surface area contributed by atoms with Gasteiger partial charge in [0.2, 0.25) is 0 Å². The molecule has 0 aromatic rings. The molecule has 0 heterocycles. The fraction of sp³-hybridized carbons (Fsp3) is 1.00. The summed E-state index contributed by atoms with van der Waals surface area (Å²) in [5, 5.41) is 3.08. The molecule has 1 atom stereocenters. The van der Waals surface area contributed by atoms with Crippen LogP contribution in [0, 0.1) is 0 Å². The first-order valence-electron chi connectivity index (χ1n) is 4.57. The minimum Gasteiger partial charge on any atom is -0.377 e. The van der Waals surface area contributed by atoms with Crippen LogP contribution in [0.5, 0.6) is 0 Å². The summed E-state index contributed by atoms with van der Waals surface area (Å²) in [4.78, 5) is 2.17. The third-order valence-electron chi connectivity index (χ3n) is 1.64. The van der Waals surface area contributed by atoms with Crippen LogP contribution in [0.1, 0.15) is 13.3 Å². The molecule has 0 bridgehead atoms. The normalized spacial score (nSPS) is 13.8. The lowest BCUT2D eigenvalue weighted by Gasteiger charge is -2.13. The molecule has 0 amide bonds. The van der Waals surface area contributed by atoms with Crippen molar-refractivity contribution in [1.29, 1.82) is 0 Å². The van der Waals surface area contributed by atoms with Crippen molar-refractivity contribution in [1.82, 2.24) is 10.2 Å². The number of nitrogens with zero attached hydrogens (tertiary/aromatic N) is 1. The molecule has 0 radical (unpaired) electrons. The summed E-state index contributed by atoms with van der Waals surface area (Å²) in [6.07, 6.45) is 1.44. The van der Waals surface area contributed by atoms with Gasteiger partial charge in [-0.05, 0) is 41.0 Å². The molecule has 1 unspecified atom stereocenters. The van der Waals surface area contributed by atoms with Gasteiger partial charge in [0.05, 0.1) is 6.10 Å². The van der Waals surface area contributed by atoms with Crippen molar-refractivity contribution in [2.45, 2.75) is 19.4 Å². The molecule has 3 heteroatoms. The fourth-order valence-electron chi connectivity index (χ4n) is 1.01. The molecular weight excluding hydrogens is 152 g/mol. The first-order chi connectivity index (χ1) is 5.66. The van der Waals surface area contributed by atoms with Crippen molar-refractivity contribution in [3.8, 4) is 0 Å². The van der Waals surface area contributed by atoms with E-state index in [4.69, 9.17) is 4.74 Å². The van der Waals surface area contributed by atoms with Crippen molar-refractivity contribution < 1.29 is 4.74 Å². The second-order valence-corrected chi connectivity index (χ2v) is 3.40. The summed E-state index contributed by atoms with van der Waals surface area (Å²) in [5.74, 6) is 0. The van der Waals surface area contributed by atoms with Gasteiger partial charge in [0.25, 0.3) is 0 Å². The van der Waals surface area contributed by atoms with Crippen molar-refractivity contribution in [3.05, 3.63) is 0 Å². The van der Waals surface area contributed by atoms with Crippen molar-refractivity contribution in [2.24, 2.45) is 0 Å².